The van der Waals surface area contributed by atoms with E-state index in [0.717, 1.165) is 29.0 Å². The number of aromatic nitrogens is 1. The van der Waals surface area contributed by atoms with Crippen molar-refractivity contribution in [1.82, 2.24) is 4.98 Å². The molecule has 3 aromatic rings. The lowest BCUT2D eigenvalue weighted by molar-refractivity contribution is -0.138. The summed E-state index contributed by atoms with van der Waals surface area (Å²) in [4.78, 5) is 30.0. The van der Waals surface area contributed by atoms with Crippen molar-refractivity contribution in [2.45, 2.75) is 26.6 Å². The first-order valence-corrected chi connectivity index (χ1v) is 9.70. The second-order valence-corrected chi connectivity index (χ2v) is 7.27. The highest BCUT2D eigenvalue weighted by atomic mass is 32.1. The number of anilines is 2. The van der Waals surface area contributed by atoms with Crippen LogP contribution in [0.3, 0.4) is 0 Å². The van der Waals surface area contributed by atoms with Crippen LogP contribution in [0.5, 0.6) is 0 Å². The average Bonchev–Trinajstić information content (AvgIpc) is 3.13. The van der Waals surface area contributed by atoms with E-state index in [1.54, 1.807) is 11.4 Å². The van der Waals surface area contributed by atoms with Crippen LogP contribution >= 0.6 is 11.3 Å². The zero-order valence-electron chi connectivity index (χ0n) is 16.1. The average molecular weight is 434 g/mol. The summed E-state index contributed by atoms with van der Waals surface area (Å²) in [6.45, 7) is 2.98. The van der Waals surface area contributed by atoms with Crippen molar-refractivity contribution >= 4 is 34.0 Å². The monoisotopic (exact) mass is 434 g/mol. The fraction of sp³-hybridized carbons (Fsp3) is 0.190. The number of halogens is 3. The second kappa shape index (κ2) is 8.66. The van der Waals surface area contributed by atoms with Gasteiger partial charge in [0.2, 0.25) is 5.91 Å². The summed E-state index contributed by atoms with van der Waals surface area (Å²) in [5, 5.41) is 1.96. The van der Waals surface area contributed by atoms with Crippen molar-refractivity contribution in [3.05, 3.63) is 76.3 Å². The third-order valence-corrected chi connectivity index (χ3v) is 4.98. The minimum Gasteiger partial charge on any atom is -0.456 e. The maximum absolute atomic E-state index is 13.1. The maximum atomic E-state index is 13.1. The van der Waals surface area contributed by atoms with E-state index in [0.29, 0.717) is 16.5 Å². The van der Waals surface area contributed by atoms with Gasteiger partial charge >= 0.3 is 12.1 Å². The summed E-state index contributed by atoms with van der Waals surface area (Å²) >= 11 is 1.16. The molecular weight excluding hydrogens is 417 g/mol. The number of amides is 1. The fourth-order valence-corrected chi connectivity index (χ4v) is 3.66. The number of ether oxygens (including phenoxy) is 1. The number of benzene rings is 2. The van der Waals surface area contributed by atoms with E-state index in [-0.39, 0.29) is 12.5 Å². The van der Waals surface area contributed by atoms with Crippen molar-refractivity contribution in [2.75, 3.05) is 4.90 Å². The highest BCUT2D eigenvalue weighted by Gasteiger charge is 2.35. The van der Waals surface area contributed by atoms with Gasteiger partial charge in [-0.25, -0.2) is 9.78 Å². The molecule has 30 heavy (non-hydrogen) atoms. The molecule has 0 aliphatic heterocycles. The van der Waals surface area contributed by atoms with Gasteiger partial charge in [0.25, 0.3) is 0 Å². The van der Waals surface area contributed by atoms with E-state index in [2.05, 4.69) is 4.98 Å². The Labute approximate surface area is 174 Å². The third kappa shape index (κ3) is 4.85. The molecule has 0 radical (unpaired) electrons. The van der Waals surface area contributed by atoms with Crippen LogP contribution in [0.15, 0.2) is 53.9 Å². The Morgan fingerprint density at radius 3 is 2.53 bits per heavy atom. The zero-order valence-corrected chi connectivity index (χ0v) is 16.9. The molecule has 9 heteroatoms. The molecule has 0 fully saturated rings. The molecule has 1 aromatic heterocycles. The molecule has 0 saturated heterocycles. The Morgan fingerprint density at radius 1 is 1.13 bits per heavy atom. The van der Waals surface area contributed by atoms with Gasteiger partial charge in [-0.05, 0) is 36.8 Å². The summed E-state index contributed by atoms with van der Waals surface area (Å²) in [5.41, 5.74) is 0.306. The largest absolute Gasteiger partial charge is 0.456 e. The van der Waals surface area contributed by atoms with E-state index >= 15 is 0 Å². The number of thiazole rings is 1. The highest BCUT2D eigenvalue weighted by molar-refractivity contribution is 7.14. The maximum Gasteiger partial charge on any atom is 0.417 e. The van der Waals surface area contributed by atoms with E-state index in [9.17, 15) is 22.8 Å². The number of carbonyl (C=O) groups is 2. The number of esters is 1. The first kappa shape index (κ1) is 21.5. The lowest BCUT2D eigenvalue weighted by Crippen LogP contribution is -2.22. The number of hydrogen-bond donors (Lipinski definition) is 0. The lowest BCUT2D eigenvalue weighted by atomic mass is 10.1. The lowest BCUT2D eigenvalue weighted by Gasteiger charge is -2.18. The molecule has 0 aliphatic rings. The number of hydrogen-bond acceptors (Lipinski definition) is 5. The Bertz CT molecular complexity index is 1080. The van der Waals surface area contributed by atoms with Crippen molar-refractivity contribution in [3.63, 3.8) is 0 Å². The van der Waals surface area contributed by atoms with Gasteiger partial charge < -0.3 is 4.74 Å². The van der Waals surface area contributed by atoms with Crippen molar-refractivity contribution in [2.24, 2.45) is 0 Å². The standard InChI is InChI=1S/C21H17F3N2O3S/c1-13-6-5-7-16(10-13)26(14(2)27)20-25-15(12-30-20)11-29-19(28)17-8-3-4-9-18(17)21(22,23)24/h3-10,12H,11H2,1-2H3. The number of aryl methyl sites for hydroxylation is 1. The molecule has 0 spiro atoms. The van der Waals surface area contributed by atoms with Crippen LogP contribution in [-0.4, -0.2) is 16.9 Å². The van der Waals surface area contributed by atoms with Gasteiger partial charge in [0.05, 0.1) is 22.5 Å². The first-order valence-electron chi connectivity index (χ1n) is 8.82. The van der Waals surface area contributed by atoms with Gasteiger partial charge in [0, 0.05) is 12.3 Å². The molecule has 0 aliphatic carbocycles. The molecule has 2 aromatic carbocycles. The molecule has 3 rings (SSSR count). The molecule has 156 valence electrons. The Kier molecular flexibility index (Phi) is 6.21. The molecule has 0 N–H and O–H groups in total. The van der Waals surface area contributed by atoms with Gasteiger partial charge in [-0.1, -0.05) is 24.3 Å². The Hall–Kier alpha value is -3.20. The quantitative estimate of drug-likeness (QED) is 0.497. The summed E-state index contributed by atoms with van der Waals surface area (Å²) in [5.74, 6) is -1.35. The topological polar surface area (TPSA) is 59.5 Å². The molecule has 1 heterocycles. The predicted octanol–water partition coefficient (Wildman–Crippen LogP) is 5.51. The Morgan fingerprint density at radius 2 is 1.87 bits per heavy atom. The van der Waals surface area contributed by atoms with Crippen LogP contribution in [0.25, 0.3) is 0 Å². The number of rotatable bonds is 5. The Balaban J connectivity index is 1.76. The summed E-state index contributed by atoms with van der Waals surface area (Å²) in [7, 11) is 0. The molecule has 0 atom stereocenters. The minimum atomic E-state index is -4.67. The van der Waals surface area contributed by atoms with E-state index in [1.165, 1.54) is 24.0 Å². The van der Waals surface area contributed by atoms with Gasteiger partial charge in [-0.3, -0.25) is 9.69 Å². The SMILES string of the molecule is CC(=O)N(c1cccc(C)c1)c1nc(COC(=O)c2ccccc2C(F)(F)F)cs1. The minimum absolute atomic E-state index is 0.252. The zero-order chi connectivity index (χ0) is 21.9. The van der Waals surface area contributed by atoms with Crippen molar-refractivity contribution < 1.29 is 27.5 Å². The molecule has 0 saturated carbocycles. The van der Waals surface area contributed by atoms with Crippen LogP contribution in [0.2, 0.25) is 0 Å². The first-order chi connectivity index (χ1) is 14.2. The van der Waals surface area contributed by atoms with Crippen LogP contribution in [0.1, 0.15) is 34.1 Å². The molecule has 5 nitrogen and oxygen atoms in total. The van der Waals surface area contributed by atoms with Gasteiger partial charge in [0.1, 0.15) is 6.61 Å². The van der Waals surface area contributed by atoms with Crippen LogP contribution in [0, 0.1) is 6.92 Å². The summed E-state index contributed by atoms with van der Waals surface area (Å²) in [6, 6.07) is 11.7. The fourth-order valence-electron chi connectivity index (χ4n) is 2.78. The molecule has 0 bridgehead atoms. The highest BCUT2D eigenvalue weighted by Crippen LogP contribution is 2.33. The van der Waals surface area contributed by atoms with Crippen LogP contribution in [0.4, 0.5) is 24.0 Å². The molecule has 1 amide bonds. The summed E-state index contributed by atoms with van der Waals surface area (Å²) < 4.78 is 44.3. The normalized spacial score (nSPS) is 11.2. The van der Waals surface area contributed by atoms with E-state index in [1.807, 2.05) is 25.1 Å². The molecule has 0 unspecified atom stereocenters. The van der Waals surface area contributed by atoms with E-state index in [4.69, 9.17) is 4.74 Å². The smallest absolute Gasteiger partial charge is 0.417 e. The number of alkyl halides is 3. The summed E-state index contributed by atoms with van der Waals surface area (Å²) in [6.07, 6.45) is -4.67. The third-order valence-electron chi connectivity index (χ3n) is 4.11. The van der Waals surface area contributed by atoms with Crippen molar-refractivity contribution in [3.8, 4) is 0 Å². The van der Waals surface area contributed by atoms with Crippen LogP contribution < -0.4 is 4.90 Å². The molecular formula is C21H17F3N2O3S. The van der Waals surface area contributed by atoms with Crippen LogP contribution in [-0.2, 0) is 22.3 Å². The van der Waals surface area contributed by atoms with Gasteiger partial charge in [0.15, 0.2) is 5.13 Å². The number of carbonyl (C=O) groups excluding carboxylic acids is 2. The second-order valence-electron chi connectivity index (χ2n) is 6.43. The number of nitrogens with zero attached hydrogens (tertiary/aromatic N) is 2. The predicted molar refractivity (Wildman–Crippen MR) is 107 cm³/mol. The van der Waals surface area contributed by atoms with Crippen molar-refractivity contribution in [1.29, 1.82) is 0 Å². The van der Waals surface area contributed by atoms with Gasteiger partial charge in [-0.15, -0.1) is 11.3 Å². The van der Waals surface area contributed by atoms with Gasteiger partial charge in [-0.2, -0.15) is 13.2 Å². The van der Waals surface area contributed by atoms with E-state index < -0.39 is 23.3 Å².